The topological polar surface area (TPSA) is 83.6 Å². The predicted molar refractivity (Wildman–Crippen MR) is 68.8 cm³/mol. The van der Waals surface area contributed by atoms with Crippen LogP contribution < -0.4 is 5.32 Å². The Hall–Kier alpha value is -1.37. The maximum atomic E-state index is 11.3. The van der Waals surface area contributed by atoms with Crippen LogP contribution >= 0.6 is 0 Å². The quantitative estimate of drug-likeness (QED) is 0.675. The average Bonchev–Trinajstić information content (AvgIpc) is 2.94. The van der Waals surface area contributed by atoms with Crippen LogP contribution in [0.15, 0.2) is 12.1 Å². The van der Waals surface area contributed by atoms with E-state index in [0.717, 1.165) is 18.5 Å². The van der Waals surface area contributed by atoms with Gasteiger partial charge in [-0.2, -0.15) is 0 Å². The number of esters is 1. The molecule has 0 unspecified atom stereocenters. The highest BCUT2D eigenvalue weighted by Crippen LogP contribution is 2.20. The van der Waals surface area contributed by atoms with Crippen molar-refractivity contribution in [3.05, 3.63) is 23.5 Å². The SMILES string of the molecule is COC(=O)c1ccc(CNC2(CO)CCOCC2)[nH]1. The summed E-state index contributed by atoms with van der Waals surface area (Å²) in [6.07, 6.45) is 1.57. The van der Waals surface area contributed by atoms with Crippen LogP contribution in [-0.2, 0) is 16.0 Å². The van der Waals surface area contributed by atoms with Crippen LogP contribution in [-0.4, -0.2) is 48.5 Å². The highest BCUT2D eigenvalue weighted by Gasteiger charge is 2.31. The summed E-state index contributed by atoms with van der Waals surface area (Å²) in [5.74, 6) is -0.380. The van der Waals surface area contributed by atoms with Gasteiger partial charge in [0.15, 0.2) is 0 Å². The van der Waals surface area contributed by atoms with E-state index < -0.39 is 0 Å². The zero-order valence-electron chi connectivity index (χ0n) is 11.1. The Morgan fingerprint density at radius 1 is 1.53 bits per heavy atom. The molecule has 1 fully saturated rings. The van der Waals surface area contributed by atoms with E-state index in [1.54, 1.807) is 6.07 Å². The number of hydrogen-bond donors (Lipinski definition) is 3. The maximum absolute atomic E-state index is 11.3. The summed E-state index contributed by atoms with van der Waals surface area (Å²) in [6.45, 7) is 1.97. The second kappa shape index (κ2) is 6.18. The first-order chi connectivity index (χ1) is 9.19. The molecule has 6 heteroatoms. The first kappa shape index (κ1) is 14.0. The first-order valence-corrected chi connectivity index (χ1v) is 6.39. The van der Waals surface area contributed by atoms with Crippen LogP contribution in [0.4, 0.5) is 0 Å². The van der Waals surface area contributed by atoms with Gasteiger partial charge in [-0.05, 0) is 25.0 Å². The van der Waals surface area contributed by atoms with E-state index in [1.807, 2.05) is 6.07 Å². The molecule has 0 bridgehead atoms. The number of H-pyrrole nitrogens is 1. The largest absolute Gasteiger partial charge is 0.464 e. The molecule has 6 nitrogen and oxygen atoms in total. The number of nitrogens with one attached hydrogen (secondary N) is 2. The fourth-order valence-corrected chi connectivity index (χ4v) is 2.21. The molecule has 0 saturated carbocycles. The number of hydrogen-bond acceptors (Lipinski definition) is 5. The van der Waals surface area contributed by atoms with Gasteiger partial charge in [0.05, 0.1) is 13.7 Å². The van der Waals surface area contributed by atoms with Crippen molar-refractivity contribution < 1.29 is 19.4 Å². The summed E-state index contributed by atoms with van der Waals surface area (Å²) in [5.41, 5.74) is 1.04. The summed E-state index contributed by atoms with van der Waals surface area (Å²) in [4.78, 5) is 14.3. The number of aliphatic hydroxyl groups is 1. The maximum Gasteiger partial charge on any atom is 0.354 e. The van der Waals surface area contributed by atoms with Crippen molar-refractivity contribution in [2.75, 3.05) is 26.9 Å². The minimum atomic E-state index is -0.380. The van der Waals surface area contributed by atoms with E-state index in [4.69, 9.17) is 4.74 Å². The fourth-order valence-electron chi connectivity index (χ4n) is 2.21. The lowest BCUT2D eigenvalue weighted by Crippen LogP contribution is -2.51. The Balaban J connectivity index is 1.93. The predicted octanol–water partition coefficient (Wildman–Crippen LogP) is 0.432. The summed E-state index contributed by atoms with van der Waals surface area (Å²) in [7, 11) is 1.35. The van der Waals surface area contributed by atoms with Crippen LogP contribution in [0.1, 0.15) is 29.0 Å². The summed E-state index contributed by atoms with van der Waals surface area (Å²) < 4.78 is 9.95. The van der Waals surface area contributed by atoms with E-state index in [1.165, 1.54) is 7.11 Å². The Labute approximate surface area is 112 Å². The van der Waals surface area contributed by atoms with E-state index in [0.29, 0.717) is 25.5 Å². The number of rotatable bonds is 5. The normalized spacial score (nSPS) is 18.2. The third-order valence-electron chi connectivity index (χ3n) is 3.56. The third kappa shape index (κ3) is 3.34. The zero-order chi connectivity index (χ0) is 13.7. The van der Waals surface area contributed by atoms with Gasteiger partial charge in [-0.25, -0.2) is 4.79 Å². The van der Waals surface area contributed by atoms with Crippen LogP contribution in [0.25, 0.3) is 0 Å². The summed E-state index contributed by atoms with van der Waals surface area (Å²) in [5, 5.41) is 12.9. The number of carbonyl (C=O) groups is 1. The minimum absolute atomic E-state index is 0.0843. The zero-order valence-corrected chi connectivity index (χ0v) is 11.1. The lowest BCUT2D eigenvalue weighted by Gasteiger charge is -2.36. The summed E-state index contributed by atoms with van der Waals surface area (Å²) >= 11 is 0. The Bertz CT molecular complexity index is 424. The number of aromatic nitrogens is 1. The van der Waals surface area contributed by atoms with Gasteiger partial charge in [0, 0.05) is 31.0 Å². The van der Waals surface area contributed by atoms with Crippen molar-refractivity contribution in [1.82, 2.24) is 10.3 Å². The molecule has 2 rings (SSSR count). The monoisotopic (exact) mass is 268 g/mol. The molecule has 0 spiro atoms. The molecular weight excluding hydrogens is 248 g/mol. The number of ether oxygens (including phenoxy) is 2. The lowest BCUT2D eigenvalue weighted by atomic mass is 9.91. The van der Waals surface area contributed by atoms with Gasteiger partial charge in [-0.15, -0.1) is 0 Å². The molecule has 1 aromatic heterocycles. The highest BCUT2D eigenvalue weighted by atomic mass is 16.5. The van der Waals surface area contributed by atoms with Gasteiger partial charge in [0.1, 0.15) is 5.69 Å². The molecule has 1 aromatic rings. The van der Waals surface area contributed by atoms with Crippen molar-refractivity contribution >= 4 is 5.97 Å². The molecule has 3 N–H and O–H groups in total. The van der Waals surface area contributed by atoms with Crippen molar-refractivity contribution in [1.29, 1.82) is 0 Å². The summed E-state index contributed by atoms with van der Waals surface area (Å²) in [6, 6.07) is 3.53. The van der Waals surface area contributed by atoms with Crippen molar-refractivity contribution in [2.45, 2.75) is 24.9 Å². The molecule has 0 radical (unpaired) electrons. The smallest absolute Gasteiger partial charge is 0.354 e. The number of aliphatic hydroxyl groups excluding tert-OH is 1. The second-order valence-corrected chi connectivity index (χ2v) is 4.79. The molecule has 19 heavy (non-hydrogen) atoms. The van der Waals surface area contributed by atoms with Crippen LogP contribution in [0.2, 0.25) is 0 Å². The van der Waals surface area contributed by atoms with Crippen LogP contribution in [0.5, 0.6) is 0 Å². The standard InChI is InChI=1S/C13H20N2O4/c1-18-12(17)11-3-2-10(15-11)8-14-13(9-16)4-6-19-7-5-13/h2-3,14-16H,4-9H2,1H3. The number of aromatic amines is 1. The van der Waals surface area contributed by atoms with E-state index in [-0.39, 0.29) is 18.1 Å². The van der Waals surface area contributed by atoms with Crippen molar-refractivity contribution in [3.63, 3.8) is 0 Å². The lowest BCUT2D eigenvalue weighted by molar-refractivity contribution is 0.0110. The van der Waals surface area contributed by atoms with Gasteiger partial charge in [0.25, 0.3) is 0 Å². The number of carbonyl (C=O) groups excluding carboxylic acids is 1. The molecule has 2 heterocycles. The van der Waals surface area contributed by atoms with Crippen LogP contribution in [0.3, 0.4) is 0 Å². The number of methoxy groups -OCH3 is 1. The van der Waals surface area contributed by atoms with Gasteiger partial charge in [-0.1, -0.05) is 0 Å². The molecule has 1 saturated heterocycles. The van der Waals surface area contributed by atoms with Crippen molar-refractivity contribution in [2.24, 2.45) is 0 Å². The van der Waals surface area contributed by atoms with Gasteiger partial charge >= 0.3 is 5.97 Å². The fraction of sp³-hybridized carbons (Fsp3) is 0.615. The van der Waals surface area contributed by atoms with Crippen molar-refractivity contribution in [3.8, 4) is 0 Å². The Kier molecular flexibility index (Phi) is 4.57. The van der Waals surface area contributed by atoms with E-state index >= 15 is 0 Å². The highest BCUT2D eigenvalue weighted by molar-refractivity contribution is 5.87. The third-order valence-corrected chi connectivity index (χ3v) is 3.56. The molecule has 0 aromatic carbocycles. The van der Waals surface area contributed by atoms with Gasteiger partial charge < -0.3 is 24.9 Å². The van der Waals surface area contributed by atoms with E-state index in [9.17, 15) is 9.90 Å². The first-order valence-electron chi connectivity index (χ1n) is 6.39. The van der Waals surface area contributed by atoms with E-state index in [2.05, 4.69) is 15.0 Å². The average molecular weight is 268 g/mol. The van der Waals surface area contributed by atoms with Crippen LogP contribution in [0, 0.1) is 0 Å². The molecule has 0 atom stereocenters. The second-order valence-electron chi connectivity index (χ2n) is 4.79. The molecule has 0 aliphatic carbocycles. The van der Waals surface area contributed by atoms with Gasteiger partial charge in [0.2, 0.25) is 0 Å². The Morgan fingerprint density at radius 2 is 2.26 bits per heavy atom. The molecule has 0 amide bonds. The van der Waals surface area contributed by atoms with Gasteiger partial charge in [-0.3, -0.25) is 0 Å². The molecule has 106 valence electrons. The minimum Gasteiger partial charge on any atom is -0.464 e. The Morgan fingerprint density at radius 3 is 2.89 bits per heavy atom. The molecular formula is C13H20N2O4. The molecule has 1 aliphatic rings. The molecule has 1 aliphatic heterocycles.